The largest absolute Gasteiger partial charge is 0.496 e. The predicted molar refractivity (Wildman–Crippen MR) is 101 cm³/mol. The van der Waals surface area contributed by atoms with E-state index < -0.39 is 30.9 Å². The number of carbonyl (C=O) groups excluding carboxylic acids is 2. The maximum atomic E-state index is 13.0. The second-order valence-electron chi connectivity index (χ2n) is 5.70. The molecule has 2 aromatic rings. The number of halogens is 1. The van der Waals surface area contributed by atoms with Gasteiger partial charge in [-0.15, -0.1) is 0 Å². The Balaban J connectivity index is 1.81. The fourth-order valence-corrected chi connectivity index (χ4v) is 2.36. The highest BCUT2D eigenvalue weighted by molar-refractivity contribution is 5.81. The highest BCUT2D eigenvalue weighted by Crippen LogP contribution is 2.34. The van der Waals surface area contributed by atoms with Gasteiger partial charge in [0.05, 0.1) is 21.3 Å². The third-order valence-corrected chi connectivity index (χ3v) is 3.78. The van der Waals surface area contributed by atoms with Gasteiger partial charge in [0.25, 0.3) is 5.91 Å². The fraction of sp³-hybridized carbons (Fsp3) is 0.300. The molecule has 0 spiro atoms. The van der Waals surface area contributed by atoms with Gasteiger partial charge in [-0.25, -0.2) is 9.18 Å². The summed E-state index contributed by atoms with van der Waals surface area (Å²) in [4.78, 5) is 23.6. The van der Waals surface area contributed by atoms with E-state index in [-0.39, 0.29) is 12.3 Å². The second kappa shape index (κ2) is 10.7. The van der Waals surface area contributed by atoms with Gasteiger partial charge in [-0.05, 0) is 18.2 Å². The lowest BCUT2D eigenvalue weighted by Gasteiger charge is -2.14. The van der Waals surface area contributed by atoms with Crippen LogP contribution >= 0.6 is 0 Å². The van der Waals surface area contributed by atoms with E-state index in [1.807, 2.05) is 0 Å². The van der Waals surface area contributed by atoms with Crippen molar-refractivity contribution in [2.24, 2.45) is 0 Å². The molecule has 0 bridgehead atoms. The SMILES string of the molecule is COc1cc(OC)c(OC)cc1CNC(=O)COC(=O)COc1cccc(F)c1. The quantitative estimate of drug-likeness (QED) is 0.603. The van der Waals surface area contributed by atoms with Gasteiger partial charge < -0.3 is 29.0 Å². The highest BCUT2D eigenvalue weighted by Gasteiger charge is 2.14. The molecule has 1 N–H and O–H groups in total. The van der Waals surface area contributed by atoms with Crippen LogP contribution in [-0.4, -0.2) is 46.4 Å². The lowest BCUT2D eigenvalue weighted by molar-refractivity contribution is -0.150. The molecular formula is C20H22FNO7. The van der Waals surface area contributed by atoms with Gasteiger partial charge >= 0.3 is 5.97 Å². The molecule has 0 aliphatic rings. The summed E-state index contributed by atoms with van der Waals surface area (Å²) < 4.78 is 38.7. The second-order valence-corrected chi connectivity index (χ2v) is 5.70. The number of ether oxygens (including phenoxy) is 5. The molecule has 9 heteroatoms. The topological polar surface area (TPSA) is 92.3 Å². The molecule has 156 valence electrons. The molecule has 0 aromatic heterocycles. The molecular weight excluding hydrogens is 385 g/mol. The third-order valence-electron chi connectivity index (χ3n) is 3.78. The molecule has 0 fully saturated rings. The van der Waals surface area contributed by atoms with Crippen molar-refractivity contribution in [3.8, 4) is 23.0 Å². The molecule has 0 aliphatic carbocycles. The first-order chi connectivity index (χ1) is 14.0. The van der Waals surface area contributed by atoms with Crippen LogP contribution < -0.4 is 24.3 Å². The van der Waals surface area contributed by atoms with Crippen LogP contribution in [0.3, 0.4) is 0 Å². The normalized spacial score (nSPS) is 10.1. The van der Waals surface area contributed by atoms with Crippen molar-refractivity contribution in [3.63, 3.8) is 0 Å². The van der Waals surface area contributed by atoms with E-state index in [2.05, 4.69) is 5.32 Å². The summed E-state index contributed by atoms with van der Waals surface area (Å²) >= 11 is 0. The van der Waals surface area contributed by atoms with Crippen LogP contribution in [0.1, 0.15) is 5.56 Å². The first-order valence-corrected chi connectivity index (χ1v) is 8.56. The molecule has 0 unspecified atom stereocenters. The van der Waals surface area contributed by atoms with E-state index in [4.69, 9.17) is 23.7 Å². The minimum Gasteiger partial charge on any atom is -0.496 e. The van der Waals surface area contributed by atoms with E-state index in [0.29, 0.717) is 22.8 Å². The number of rotatable bonds is 10. The Hall–Kier alpha value is -3.49. The van der Waals surface area contributed by atoms with Crippen LogP contribution in [0, 0.1) is 5.82 Å². The maximum Gasteiger partial charge on any atom is 0.344 e. The lowest BCUT2D eigenvalue weighted by atomic mass is 10.1. The van der Waals surface area contributed by atoms with Crippen LogP contribution in [0.2, 0.25) is 0 Å². The summed E-state index contributed by atoms with van der Waals surface area (Å²) in [6.45, 7) is -0.805. The Morgan fingerprint density at radius 1 is 0.931 bits per heavy atom. The molecule has 29 heavy (non-hydrogen) atoms. The predicted octanol–water partition coefficient (Wildman–Crippen LogP) is 2.09. The number of esters is 1. The Kier molecular flexibility index (Phi) is 8.08. The van der Waals surface area contributed by atoms with Crippen molar-refractivity contribution in [2.45, 2.75) is 6.54 Å². The lowest BCUT2D eigenvalue weighted by Crippen LogP contribution is -2.29. The monoisotopic (exact) mass is 407 g/mol. The molecule has 0 heterocycles. The van der Waals surface area contributed by atoms with Gasteiger partial charge in [0.1, 0.15) is 17.3 Å². The number of amides is 1. The van der Waals surface area contributed by atoms with Crippen molar-refractivity contribution < 1.29 is 37.7 Å². The smallest absolute Gasteiger partial charge is 0.344 e. The summed E-state index contributed by atoms with van der Waals surface area (Å²) in [5.41, 5.74) is 0.652. The first kappa shape index (κ1) is 21.8. The summed E-state index contributed by atoms with van der Waals surface area (Å²) in [7, 11) is 4.50. The van der Waals surface area contributed by atoms with Crippen molar-refractivity contribution in [2.75, 3.05) is 34.5 Å². The molecule has 1 amide bonds. The van der Waals surface area contributed by atoms with E-state index in [1.165, 1.54) is 39.5 Å². The van der Waals surface area contributed by atoms with Crippen molar-refractivity contribution >= 4 is 11.9 Å². The Morgan fingerprint density at radius 3 is 2.28 bits per heavy atom. The van der Waals surface area contributed by atoms with Crippen molar-refractivity contribution in [1.82, 2.24) is 5.32 Å². The Morgan fingerprint density at radius 2 is 1.62 bits per heavy atom. The Labute approximate surface area is 167 Å². The van der Waals surface area contributed by atoms with Crippen LogP contribution in [0.15, 0.2) is 36.4 Å². The van der Waals surface area contributed by atoms with Crippen molar-refractivity contribution in [3.05, 3.63) is 47.8 Å². The number of hydrogen-bond acceptors (Lipinski definition) is 7. The zero-order valence-electron chi connectivity index (χ0n) is 16.3. The van der Waals surface area contributed by atoms with Crippen LogP contribution in [-0.2, 0) is 20.9 Å². The highest BCUT2D eigenvalue weighted by atomic mass is 19.1. The molecule has 2 aromatic carbocycles. The fourth-order valence-electron chi connectivity index (χ4n) is 2.36. The van der Waals surface area contributed by atoms with Crippen molar-refractivity contribution in [1.29, 1.82) is 0 Å². The number of methoxy groups -OCH3 is 3. The molecule has 0 aliphatic heterocycles. The average molecular weight is 407 g/mol. The standard InChI is InChI=1S/C20H22FNO7/c1-25-16-9-18(27-3)17(26-2)7-13(16)10-22-19(23)11-29-20(24)12-28-15-6-4-5-14(21)8-15/h4-9H,10-12H2,1-3H3,(H,22,23). The molecule has 0 saturated carbocycles. The van der Waals surface area contributed by atoms with E-state index in [1.54, 1.807) is 12.1 Å². The summed E-state index contributed by atoms with van der Waals surface area (Å²) in [5, 5.41) is 2.62. The first-order valence-electron chi connectivity index (χ1n) is 8.56. The molecule has 2 rings (SSSR count). The van der Waals surface area contributed by atoms with Gasteiger partial charge in [0.15, 0.2) is 24.7 Å². The van der Waals surface area contributed by atoms with E-state index in [0.717, 1.165) is 6.07 Å². The zero-order valence-corrected chi connectivity index (χ0v) is 16.3. The Bertz CT molecular complexity index is 857. The summed E-state index contributed by atoms with van der Waals surface area (Å²) in [6, 6.07) is 8.66. The summed E-state index contributed by atoms with van der Waals surface area (Å²) in [6.07, 6.45) is 0. The number of benzene rings is 2. The van der Waals surface area contributed by atoms with Crippen LogP contribution in [0.5, 0.6) is 23.0 Å². The van der Waals surface area contributed by atoms with Gasteiger partial charge in [-0.3, -0.25) is 4.79 Å². The number of hydrogen-bond donors (Lipinski definition) is 1. The minimum atomic E-state index is -0.756. The number of nitrogens with one attached hydrogen (secondary N) is 1. The number of carbonyl (C=O) groups is 2. The average Bonchev–Trinajstić information content (AvgIpc) is 2.74. The van der Waals surface area contributed by atoms with Crippen LogP contribution in [0.4, 0.5) is 4.39 Å². The maximum absolute atomic E-state index is 13.0. The molecule has 0 atom stereocenters. The van der Waals surface area contributed by atoms with Gasteiger partial charge in [-0.1, -0.05) is 6.07 Å². The van der Waals surface area contributed by atoms with E-state index >= 15 is 0 Å². The molecule has 0 radical (unpaired) electrons. The van der Waals surface area contributed by atoms with E-state index in [9.17, 15) is 14.0 Å². The molecule has 8 nitrogen and oxygen atoms in total. The molecule has 0 saturated heterocycles. The summed E-state index contributed by atoms with van der Waals surface area (Å²) in [5.74, 6) is -0.0876. The third kappa shape index (κ3) is 6.56. The van der Waals surface area contributed by atoms with Gasteiger partial charge in [-0.2, -0.15) is 0 Å². The van der Waals surface area contributed by atoms with Crippen LogP contribution in [0.25, 0.3) is 0 Å². The van der Waals surface area contributed by atoms with Gasteiger partial charge in [0, 0.05) is 24.2 Å². The minimum absolute atomic E-state index is 0.125. The zero-order chi connectivity index (χ0) is 21.2. The van der Waals surface area contributed by atoms with Gasteiger partial charge in [0.2, 0.25) is 0 Å².